The van der Waals surface area contributed by atoms with Gasteiger partial charge in [-0.2, -0.15) is 5.26 Å². The van der Waals surface area contributed by atoms with Crippen LogP contribution in [-0.2, 0) is 6.61 Å². The number of ether oxygens (including phenoxy) is 2. The third-order valence-electron chi connectivity index (χ3n) is 4.64. The average molecular weight is 370 g/mol. The summed E-state index contributed by atoms with van der Waals surface area (Å²) in [6.07, 6.45) is 0. The molecule has 0 aromatic heterocycles. The van der Waals surface area contributed by atoms with E-state index in [0.717, 1.165) is 16.7 Å². The predicted octanol–water partition coefficient (Wildman–Crippen LogP) is 4.19. The van der Waals surface area contributed by atoms with Crippen molar-refractivity contribution in [3.8, 4) is 23.3 Å². The lowest BCUT2D eigenvalue weighted by molar-refractivity contribution is 0.306. The van der Waals surface area contributed by atoms with Gasteiger partial charge in [0.2, 0.25) is 5.88 Å². The Kier molecular flexibility index (Phi) is 4.61. The first-order chi connectivity index (χ1) is 13.7. The van der Waals surface area contributed by atoms with Gasteiger partial charge in [-0.15, -0.1) is 0 Å². The number of phenols is 1. The highest BCUT2D eigenvalue weighted by Crippen LogP contribution is 2.43. The lowest BCUT2D eigenvalue weighted by atomic mass is 9.83. The van der Waals surface area contributed by atoms with Gasteiger partial charge in [0.25, 0.3) is 0 Å². The molecule has 1 heterocycles. The standard InChI is InChI=1S/C23H18N2O3/c24-13-20-22(19-10-9-17(26)12-21(19)28-23(20)25)16-7-4-8-18(11-16)27-14-15-5-2-1-3-6-15/h1-12,22,26H,14,25H2/t22-/m0/s1. The van der Waals surface area contributed by atoms with Crippen LogP contribution in [0, 0.1) is 11.3 Å². The second-order valence-corrected chi connectivity index (χ2v) is 6.49. The topological polar surface area (TPSA) is 88.5 Å². The fourth-order valence-electron chi connectivity index (χ4n) is 3.31. The van der Waals surface area contributed by atoms with Gasteiger partial charge in [-0.05, 0) is 29.3 Å². The van der Waals surface area contributed by atoms with E-state index in [0.29, 0.717) is 23.7 Å². The molecule has 0 radical (unpaired) electrons. The van der Waals surface area contributed by atoms with Gasteiger partial charge in [-0.25, -0.2) is 0 Å². The largest absolute Gasteiger partial charge is 0.508 e. The van der Waals surface area contributed by atoms with Gasteiger partial charge in [0.1, 0.15) is 35.5 Å². The Bertz CT molecular complexity index is 1080. The van der Waals surface area contributed by atoms with Crippen LogP contribution >= 0.6 is 0 Å². The predicted molar refractivity (Wildman–Crippen MR) is 105 cm³/mol. The van der Waals surface area contributed by atoms with Crippen molar-refractivity contribution >= 4 is 0 Å². The number of hydrogen-bond acceptors (Lipinski definition) is 5. The van der Waals surface area contributed by atoms with Gasteiger partial charge < -0.3 is 20.3 Å². The molecule has 1 atom stereocenters. The van der Waals surface area contributed by atoms with Gasteiger partial charge in [-0.1, -0.05) is 48.5 Å². The summed E-state index contributed by atoms with van der Waals surface area (Å²) in [6.45, 7) is 0.450. The van der Waals surface area contributed by atoms with Gasteiger partial charge in [0.15, 0.2) is 0 Å². The van der Waals surface area contributed by atoms with Crippen molar-refractivity contribution in [2.24, 2.45) is 5.73 Å². The quantitative estimate of drug-likeness (QED) is 0.719. The molecule has 1 aliphatic rings. The van der Waals surface area contributed by atoms with Gasteiger partial charge in [0, 0.05) is 11.6 Å². The van der Waals surface area contributed by atoms with Gasteiger partial charge >= 0.3 is 0 Å². The number of nitriles is 1. The third-order valence-corrected chi connectivity index (χ3v) is 4.64. The van der Waals surface area contributed by atoms with E-state index in [1.165, 1.54) is 6.07 Å². The first-order valence-electron chi connectivity index (χ1n) is 8.83. The molecule has 0 aliphatic carbocycles. The summed E-state index contributed by atoms with van der Waals surface area (Å²) in [5.74, 6) is 0.864. The molecular formula is C23H18N2O3. The minimum absolute atomic E-state index is 0.0428. The van der Waals surface area contributed by atoms with E-state index < -0.39 is 5.92 Å². The zero-order valence-electron chi connectivity index (χ0n) is 15.0. The van der Waals surface area contributed by atoms with Crippen LogP contribution in [0.25, 0.3) is 0 Å². The molecule has 4 rings (SSSR count). The molecule has 3 N–H and O–H groups in total. The SMILES string of the molecule is N#CC1=C(N)Oc2cc(O)ccc2[C@@H]1c1cccc(OCc2ccccc2)c1. The van der Waals surface area contributed by atoms with Crippen LogP contribution in [0.4, 0.5) is 0 Å². The van der Waals surface area contributed by atoms with Crippen molar-refractivity contribution in [1.29, 1.82) is 5.26 Å². The molecule has 3 aromatic rings. The number of aromatic hydroxyl groups is 1. The first kappa shape index (κ1) is 17.5. The fourth-order valence-corrected chi connectivity index (χ4v) is 3.31. The molecule has 138 valence electrons. The number of allylic oxidation sites excluding steroid dienone is 1. The zero-order chi connectivity index (χ0) is 19.5. The van der Waals surface area contributed by atoms with Crippen LogP contribution in [0.1, 0.15) is 22.6 Å². The maximum atomic E-state index is 9.75. The Morgan fingerprint density at radius 1 is 1.04 bits per heavy atom. The highest BCUT2D eigenvalue weighted by molar-refractivity contribution is 5.57. The summed E-state index contributed by atoms with van der Waals surface area (Å²) in [5.41, 5.74) is 9.01. The monoisotopic (exact) mass is 370 g/mol. The minimum Gasteiger partial charge on any atom is -0.508 e. The van der Waals surface area contributed by atoms with Crippen molar-refractivity contribution < 1.29 is 14.6 Å². The summed E-state index contributed by atoms with van der Waals surface area (Å²) in [7, 11) is 0. The molecule has 0 unspecified atom stereocenters. The Morgan fingerprint density at radius 3 is 2.64 bits per heavy atom. The molecule has 0 saturated heterocycles. The molecule has 0 spiro atoms. The summed E-state index contributed by atoms with van der Waals surface area (Å²) in [5, 5.41) is 19.4. The summed E-state index contributed by atoms with van der Waals surface area (Å²) >= 11 is 0. The van der Waals surface area contributed by atoms with Crippen molar-refractivity contribution in [1.82, 2.24) is 0 Å². The fraction of sp³-hybridized carbons (Fsp3) is 0.0870. The Hall–Kier alpha value is -3.91. The van der Waals surface area contributed by atoms with Gasteiger partial charge in [-0.3, -0.25) is 0 Å². The molecule has 3 aromatic carbocycles. The number of benzene rings is 3. The Labute approximate surface area is 162 Å². The van der Waals surface area contributed by atoms with Crippen molar-refractivity contribution in [3.05, 3.63) is 101 Å². The molecule has 5 nitrogen and oxygen atoms in total. The molecule has 0 saturated carbocycles. The second-order valence-electron chi connectivity index (χ2n) is 6.49. The zero-order valence-corrected chi connectivity index (χ0v) is 15.0. The summed E-state index contributed by atoms with van der Waals surface area (Å²) in [6, 6.07) is 24.5. The van der Waals surface area contributed by atoms with Crippen LogP contribution < -0.4 is 15.2 Å². The maximum Gasteiger partial charge on any atom is 0.205 e. The van der Waals surface area contributed by atoms with Crippen LogP contribution in [0.2, 0.25) is 0 Å². The number of nitrogens with zero attached hydrogens (tertiary/aromatic N) is 1. The molecule has 1 aliphatic heterocycles. The smallest absolute Gasteiger partial charge is 0.205 e. The van der Waals surface area contributed by atoms with Crippen molar-refractivity contribution in [3.63, 3.8) is 0 Å². The highest BCUT2D eigenvalue weighted by atomic mass is 16.5. The number of nitrogens with two attached hydrogens (primary N) is 1. The number of hydrogen-bond donors (Lipinski definition) is 2. The third kappa shape index (κ3) is 3.36. The van der Waals surface area contributed by atoms with Crippen molar-refractivity contribution in [2.45, 2.75) is 12.5 Å². The van der Waals surface area contributed by atoms with E-state index in [1.54, 1.807) is 12.1 Å². The van der Waals surface area contributed by atoms with E-state index in [9.17, 15) is 10.4 Å². The highest BCUT2D eigenvalue weighted by Gasteiger charge is 2.31. The number of fused-ring (bicyclic) bond motifs is 1. The van der Waals surface area contributed by atoms with E-state index in [2.05, 4.69) is 6.07 Å². The normalized spacial score (nSPS) is 15.3. The van der Waals surface area contributed by atoms with E-state index in [-0.39, 0.29) is 11.6 Å². The van der Waals surface area contributed by atoms with Crippen LogP contribution in [0.3, 0.4) is 0 Å². The van der Waals surface area contributed by atoms with Crippen molar-refractivity contribution in [2.75, 3.05) is 0 Å². The van der Waals surface area contributed by atoms with E-state index in [1.807, 2.05) is 54.6 Å². The second kappa shape index (κ2) is 7.37. The van der Waals surface area contributed by atoms with Crippen LogP contribution in [-0.4, -0.2) is 5.11 Å². The van der Waals surface area contributed by atoms with E-state index >= 15 is 0 Å². The molecule has 5 heteroatoms. The summed E-state index contributed by atoms with van der Waals surface area (Å²) < 4.78 is 11.5. The average Bonchev–Trinajstić information content (AvgIpc) is 2.72. The lowest BCUT2D eigenvalue weighted by Gasteiger charge is -2.26. The Balaban J connectivity index is 1.69. The molecule has 0 bridgehead atoms. The summed E-state index contributed by atoms with van der Waals surface area (Å²) in [4.78, 5) is 0. The van der Waals surface area contributed by atoms with Crippen LogP contribution in [0.5, 0.6) is 17.2 Å². The molecule has 0 amide bonds. The lowest BCUT2D eigenvalue weighted by Crippen LogP contribution is -2.21. The molecule has 28 heavy (non-hydrogen) atoms. The van der Waals surface area contributed by atoms with Crippen LogP contribution in [0.15, 0.2) is 84.3 Å². The first-order valence-corrected chi connectivity index (χ1v) is 8.83. The number of phenolic OH excluding ortho intramolecular Hbond substituents is 1. The van der Waals surface area contributed by atoms with Gasteiger partial charge in [0.05, 0.1) is 5.92 Å². The molecule has 0 fully saturated rings. The molecular weight excluding hydrogens is 352 g/mol. The van der Waals surface area contributed by atoms with E-state index in [4.69, 9.17) is 15.2 Å². The Morgan fingerprint density at radius 2 is 1.86 bits per heavy atom. The minimum atomic E-state index is -0.394. The maximum absolute atomic E-state index is 9.75. The number of rotatable bonds is 4.